The Morgan fingerprint density at radius 1 is 0.971 bits per heavy atom. The summed E-state index contributed by atoms with van der Waals surface area (Å²) in [7, 11) is 1.62. The van der Waals surface area contributed by atoms with Crippen LogP contribution in [-0.2, 0) is 21.9 Å². The Hall–Kier alpha value is -2.78. The van der Waals surface area contributed by atoms with Gasteiger partial charge in [-0.05, 0) is 35.9 Å². The molecule has 0 saturated carbocycles. The van der Waals surface area contributed by atoms with Gasteiger partial charge in [-0.15, -0.1) is 22.0 Å². The molecule has 0 unspecified atom stereocenters. The summed E-state index contributed by atoms with van der Waals surface area (Å²) in [6, 6.07) is 25.3. The summed E-state index contributed by atoms with van der Waals surface area (Å²) in [4.78, 5) is 13.8. The number of ether oxygens (including phenoxy) is 1. The lowest BCUT2D eigenvalue weighted by atomic mass is 10.2. The third kappa shape index (κ3) is 6.21. The summed E-state index contributed by atoms with van der Waals surface area (Å²) in [5, 5.41) is 12.9. The summed E-state index contributed by atoms with van der Waals surface area (Å²) in [5.74, 6) is 1.47. The molecule has 6 nitrogen and oxygen atoms in total. The molecule has 0 saturated heterocycles. The van der Waals surface area contributed by atoms with Crippen LogP contribution in [0.15, 0.2) is 88.9 Å². The molecule has 4 aromatic rings. The highest BCUT2D eigenvalue weighted by Crippen LogP contribution is 2.32. The number of methoxy groups -OCH3 is 1. The van der Waals surface area contributed by atoms with Gasteiger partial charge in [0, 0.05) is 28.5 Å². The van der Waals surface area contributed by atoms with Crippen LogP contribution >= 0.6 is 35.1 Å². The predicted molar refractivity (Wildman–Crippen MR) is 139 cm³/mol. The maximum Gasteiger partial charge on any atom is 0.234 e. The van der Waals surface area contributed by atoms with Crippen molar-refractivity contribution in [3.63, 3.8) is 0 Å². The summed E-state index contributed by atoms with van der Waals surface area (Å²) < 4.78 is 7.17. The van der Waals surface area contributed by atoms with Crippen LogP contribution in [0.25, 0.3) is 5.69 Å². The number of carbonyl (C=O) groups is 1. The maximum atomic E-state index is 12.8. The quantitative estimate of drug-likeness (QED) is 0.260. The molecule has 34 heavy (non-hydrogen) atoms. The van der Waals surface area contributed by atoms with Gasteiger partial charge in [0.1, 0.15) is 6.61 Å². The molecule has 1 heterocycles. The Labute approximate surface area is 212 Å². The van der Waals surface area contributed by atoms with Gasteiger partial charge in [0.25, 0.3) is 0 Å². The summed E-state index contributed by atoms with van der Waals surface area (Å²) in [5.41, 5.74) is 2.75. The normalized spacial score (nSPS) is 10.9. The Bertz CT molecular complexity index is 1250. The number of carbonyl (C=O) groups excluding carboxylic acids is 1. The van der Waals surface area contributed by atoms with Gasteiger partial charge in [0.15, 0.2) is 11.0 Å². The standard InChI is InChI=1S/C25H23ClN4O2S2/c1-32-15-23-28-29-25(30(23)19-10-3-2-4-11-19)34-17-24(31)27-21-13-7-8-14-22(21)33-16-18-9-5-6-12-20(18)26/h2-14H,15-17H2,1H3,(H,27,31). The SMILES string of the molecule is COCc1nnc(SCC(=O)Nc2ccccc2SCc2ccccc2Cl)n1-c1ccccc1. The molecule has 0 bridgehead atoms. The number of thioether (sulfide) groups is 2. The summed E-state index contributed by atoms with van der Waals surface area (Å²) in [6.45, 7) is 0.324. The van der Waals surface area contributed by atoms with E-state index in [1.165, 1.54) is 11.8 Å². The van der Waals surface area contributed by atoms with E-state index in [4.69, 9.17) is 16.3 Å². The topological polar surface area (TPSA) is 69.0 Å². The molecule has 0 aliphatic rings. The van der Waals surface area contributed by atoms with Crippen LogP contribution in [0.2, 0.25) is 5.02 Å². The second-order valence-corrected chi connectivity index (χ2v) is 9.58. The van der Waals surface area contributed by atoms with E-state index < -0.39 is 0 Å². The van der Waals surface area contributed by atoms with Gasteiger partial charge in [-0.1, -0.05) is 71.9 Å². The smallest absolute Gasteiger partial charge is 0.234 e. The molecule has 4 rings (SSSR count). The Balaban J connectivity index is 1.42. The molecule has 0 spiro atoms. The number of nitrogens with zero attached hydrogens (tertiary/aromatic N) is 3. The van der Waals surface area contributed by atoms with Crippen LogP contribution < -0.4 is 5.32 Å². The Morgan fingerprint density at radius 2 is 1.71 bits per heavy atom. The van der Waals surface area contributed by atoms with Crippen molar-refractivity contribution in [1.82, 2.24) is 14.8 Å². The van der Waals surface area contributed by atoms with E-state index in [1.807, 2.05) is 83.4 Å². The van der Waals surface area contributed by atoms with Gasteiger partial charge in [-0.2, -0.15) is 0 Å². The lowest BCUT2D eigenvalue weighted by Gasteiger charge is -2.12. The van der Waals surface area contributed by atoms with E-state index in [0.717, 1.165) is 26.9 Å². The average molecular weight is 511 g/mol. The number of anilines is 1. The van der Waals surface area contributed by atoms with Crippen molar-refractivity contribution in [2.75, 3.05) is 18.2 Å². The number of amides is 1. The average Bonchev–Trinajstić information content (AvgIpc) is 3.26. The van der Waals surface area contributed by atoms with Crippen LogP contribution in [0.3, 0.4) is 0 Å². The molecule has 0 atom stereocenters. The third-order valence-electron chi connectivity index (χ3n) is 4.82. The van der Waals surface area contributed by atoms with E-state index in [0.29, 0.717) is 23.3 Å². The van der Waals surface area contributed by atoms with Crippen molar-refractivity contribution in [2.24, 2.45) is 0 Å². The number of rotatable bonds is 10. The summed E-state index contributed by atoms with van der Waals surface area (Å²) >= 11 is 9.25. The van der Waals surface area contributed by atoms with Crippen LogP contribution in [0.5, 0.6) is 0 Å². The number of hydrogen-bond donors (Lipinski definition) is 1. The van der Waals surface area contributed by atoms with Gasteiger partial charge >= 0.3 is 0 Å². The predicted octanol–water partition coefficient (Wildman–Crippen LogP) is 6.09. The number of nitrogens with one attached hydrogen (secondary N) is 1. The molecule has 1 aromatic heterocycles. The largest absolute Gasteiger partial charge is 0.377 e. The van der Waals surface area contributed by atoms with Crippen LogP contribution in [-0.4, -0.2) is 33.5 Å². The minimum atomic E-state index is -0.119. The minimum absolute atomic E-state index is 0.119. The second-order valence-electron chi connectivity index (χ2n) is 7.22. The number of aromatic nitrogens is 3. The first-order valence-corrected chi connectivity index (χ1v) is 12.9. The number of benzene rings is 3. The maximum absolute atomic E-state index is 12.8. The van der Waals surface area contributed by atoms with Crippen molar-refractivity contribution in [1.29, 1.82) is 0 Å². The van der Waals surface area contributed by atoms with Crippen LogP contribution in [0.4, 0.5) is 5.69 Å². The second kappa shape index (κ2) is 12.1. The Morgan fingerprint density at radius 3 is 2.50 bits per heavy atom. The third-order valence-corrected chi connectivity index (χ3v) is 7.24. The van der Waals surface area contributed by atoms with E-state index in [1.54, 1.807) is 18.9 Å². The highest BCUT2D eigenvalue weighted by molar-refractivity contribution is 7.99. The van der Waals surface area contributed by atoms with Crippen molar-refractivity contribution < 1.29 is 9.53 Å². The Kier molecular flexibility index (Phi) is 8.65. The van der Waals surface area contributed by atoms with Crippen LogP contribution in [0, 0.1) is 0 Å². The molecule has 9 heteroatoms. The number of para-hydroxylation sites is 2. The zero-order chi connectivity index (χ0) is 23.8. The fourth-order valence-electron chi connectivity index (χ4n) is 3.24. The molecule has 1 N–H and O–H groups in total. The molecule has 3 aromatic carbocycles. The van der Waals surface area contributed by atoms with Gasteiger partial charge in [0.05, 0.1) is 11.4 Å². The van der Waals surface area contributed by atoms with E-state index in [9.17, 15) is 4.79 Å². The van der Waals surface area contributed by atoms with Gasteiger partial charge in [-0.3, -0.25) is 9.36 Å². The van der Waals surface area contributed by atoms with Gasteiger partial charge < -0.3 is 10.1 Å². The monoisotopic (exact) mass is 510 g/mol. The highest BCUT2D eigenvalue weighted by atomic mass is 35.5. The van der Waals surface area contributed by atoms with Crippen molar-refractivity contribution in [2.45, 2.75) is 22.4 Å². The lowest BCUT2D eigenvalue weighted by Crippen LogP contribution is -2.15. The van der Waals surface area contributed by atoms with Crippen LogP contribution in [0.1, 0.15) is 11.4 Å². The lowest BCUT2D eigenvalue weighted by molar-refractivity contribution is -0.113. The van der Waals surface area contributed by atoms with Crippen molar-refractivity contribution in [3.05, 3.63) is 95.3 Å². The molecule has 1 amide bonds. The first-order valence-electron chi connectivity index (χ1n) is 10.5. The fraction of sp³-hybridized carbons (Fsp3) is 0.160. The molecular formula is C25H23ClN4O2S2. The van der Waals surface area contributed by atoms with E-state index in [-0.39, 0.29) is 11.7 Å². The zero-order valence-electron chi connectivity index (χ0n) is 18.5. The van der Waals surface area contributed by atoms with E-state index >= 15 is 0 Å². The zero-order valence-corrected chi connectivity index (χ0v) is 20.9. The summed E-state index contributed by atoms with van der Waals surface area (Å²) in [6.07, 6.45) is 0. The fourth-order valence-corrected chi connectivity index (χ4v) is 5.30. The van der Waals surface area contributed by atoms with E-state index in [2.05, 4.69) is 15.5 Å². The van der Waals surface area contributed by atoms with Crippen molar-refractivity contribution in [3.8, 4) is 5.69 Å². The first kappa shape index (κ1) is 24.3. The number of halogens is 1. The van der Waals surface area contributed by atoms with Gasteiger partial charge in [-0.25, -0.2) is 0 Å². The van der Waals surface area contributed by atoms with Gasteiger partial charge in [0.2, 0.25) is 5.91 Å². The molecule has 0 radical (unpaired) electrons. The molecule has 174 valence electrons. The highest BCUT2D eigenvalue weighted by Gasteiger charge is 2.16. The molecular weight excluding hydrogens is 488 g/mol. The molecule has 0 aliphatic heterocycles. The number of hydrogen-bond acceptors (Lipinski definition) is 6. The molecule has 0 aliphatic carbocycles. The first-order chi connectivity index (χ1) is 16.7. The molecule has 0 fully saturated rings. The van der Waals surface area contributed by atoms with Crippen molar-refractivity contribution >= 4 is 46.7 Å². The minimum Gasteiger partial charge on any atom is -0.377 e.